The van der Waals surface area contributed by atoms with Gasteiger partial charge in [0.25, 0.3) is 0 Å². The van der Waals surface area contributed by atoms with Gasteiger partial charge in [-0.1, -0.05) is 54.2 Å². The largest absolute Gasteiger partial charge is 0.504 e. The van der Waals surface area contributed by atoms with Crippen LogP contribution in [-0.4, -0.2) is 45.0 Å². The van der Waals surface area contributed by atoms with Crippen molar-refractivity contribution in [3.05, 3.63) is 65.5 Å². The van der Waals surface area contributed by atoms with Crippen LogP contribution < -0.4 is 4.74 Å². The highest BCUT2D eigenvalue weighted by Gasteiger charge is 2.26. The van der Waals surface area contributed by atoms with Crippen molar-refractivity contribution < 1.29 is 9.84 Å². The van der Waals surface area contributed by atoms with Crippen molar-refractivity contribution in [2.24, 2.45) is 7.05 Å². The predicted molar refractivity (Wildman–Crippen MR) is 119 cm³/mol. The molecule has 6 nitrogen and oxygen atoms in total. The fourth-order valence-corrected chi connectivity index (χ4v) is 4.91. The summed E-state index contributed by atoms with van der Waals surface area (Å²) in [7, 11) is 3.65. The lowest BCUT2D eigenvalue weighted by atomic mass is 9.96. The quantitative estimate of drug-likeness (QED) is 0.574. The molecule has 1 aliphatic rings. The summed E-state index contributed by atoms with van der Waals surface area (Å²) in [6.07, 6.45) is 2.21. The molecular formula is C23H28N4O2S. The van der Waals surface area contributed by atoms with E-state index in [1.807, 2.05) is 18.2 Å². The molecule has 7 heteroatoms. The van der Waals surface area contributed by atoms with Gasteiger partial charge in [0.1, 0.15) is 5.82 Å². The van der Waals surface area contributed by atoms with E-state index in [0.717, 1.165) is 48.2 Å². The Kier molecular flexibility index (Phi) is 6.59. The summed E-state index contributed by atoms with van der Waals surface area (Å²) in [5.41, 5.74) is 2.18. The maximum atomic E-state index is 10.4. The van der Waals surface area contributed by atoms with Crippen LogP contribution in [0.3, 0.4) is 0 Å². The molecule has 4 rings (SSSR count). The molecule has 30 heavy (non-hydrogen) atoms. The van der Waals surface area contributed by atoms with Crippen molar-refractivity contribution >= 4 is 11.8 Å². The Morgan fingerprint density at radius 1 is 1.13 bits per heavy atom. The third-order valence-electron chi connectivity index (χ3n) is 5.65. The molecule has 0 radical (unpaired) electrons. The van der Waals surface area contributed by atoms with Gasteiger partial charge in [0, 0.05) is 37.4 Å². The first-order valence-electron chi connectivity index (χ1n) is 10.3. The van der Waals surface area contributed by atoms with Crippen LogP contribution in [0.4, 0.5) is 0 Å². The number of methoxy groups -OCH3 is 1. The maximum Gasteiger partial charge on any atom is 0.191 e. The number of hydrogen-bond donors (Lipinski definition) is 1. The van der Waals surface area contributed by atoms with Crippen LogP contribution >= 0.6 is 11.8 Å². The van der Waals surface area contributed by atoms with Crippen molar-refractivity contribution in [2.45, 2.75) is 36.2 Å². The van der Waals surface area contributed by atoms with Gasteiger partial charge in [-0.15, -0.1) is 10.2 Å². The fraction of sp³-hybridized carbons (Fsp3) is 0.391. The Bertz CT molecular complexity index is 977. The number of phenolic OH excluding ortho intramolecular Hbond substituents is 1. The highest BCUT2D eigenvalue weighted by atomic mass is 32.2. The molecule has 158 valence electrons. The summed E-state index contributed by atoms with van der Waals surface area (Å²) in [5.74, 6) is 3.04. The minimum Gasteiger partial charge on any atom is -0.504 e. The zero-order chi connectivity index (χ0) is 20.9. The monoisotopic (exact) mass is 424 g/mol. The van der Waals surface area contributed by atoms with Crippen molar-refractivity contribution in [2.75, 3.05) is 20.2 Å². The zero-order valence-corrected chi connectivity index (χ0v) is 18.3. The zero-order valence-electron chi connectivity index (χ0n) is 17.5. The van der Waals surface area contributed by atoms with Gasteiger partial charge in [0.15, 0.2) is 16.7 Å². The average Bonchev–Trinajstić information content (AvgIpc) is 3.15. The number of para-hydroxylation sites is 1. The number of ether oxygens (including phenoxy) is 1. The molecule has 0 spiro atoms. The van der Waals surface area contributed by atoms with E-state index >= 15 is 0 Å². The van der Waals surface area contributed by atoms with E-state index in [2.05, 4.69) is 51.0 Å². The van der Waals surface area contributed by atoms with Gasteiger partial charge in [0.2, 0.25) is 0 Å². The number of aromatic hydroxyl groups is 1. The van der Waals surface area contributed by atoms with Crippen LogP contribution in [0.2, 0.25) is 0 Å². The number of rotatable bonds is 7. The summed E-state index contributed by atoms with van der Waals surface area (Å²) >= 11 is 1.72. The number of aromatic nitrogens is 3. The van der Waals surface area contributed by atoms with E-state index in [4.69, 9.17) is 4.74 Å². The van der Waals surface area contributed by atoms with Crippen molar-refractivity contribution in [3.63, 3.8) is 0 Å². The standard InChI is InChI=1S/C23H28N4O2S/c1-26-22(24-25-23(26)30-16-17-8-4-3-5-9-17)19-11-7-13-27(15-19)14-18-10-6-12-20(29-2)21(18)28/h3-6,8-10,12,19,28H,7,11,13-16H2,1-2H3/t19-/m1/s1. The van der Waals surface area contributed by atoms with Gasteiger partial charge < -0.3 is 14.4 Å². The van der Waals surface area contributed by atoms with Crippen molar-refractivity contribution in [3.8, 4) is 11.5 Å². The topological polar surface area (TPSA) is 63.4 Å². The number of benzene rings is 2. The number of thioether (sulfide) groups is 1. The minimum absolute atomic E-state index is 0.236. The third-order valence-corrected chi connectivity index (χ3v) is 6.74. The molecule has 1 aromatic heterocycles. The molecule has 2 aromatic carbocycles. The van der Waals surface area contributed by atoms with Gasteiger partial charge in [-0.25, -0.2) is 0 Å². The first-order chi connectivity index (χ1) is 14.7. The smallest absolute Gasteiger partial charge is 0.191 e. The second-order valence-corrected chi connectivity index (χ2v) is 8.66. The average molecular weight is 425 g/mol. The highest BCUT2D eigenvalue weighted by molar-refractivity contribution is 7.98. The third kappa shape index (κ3) is 4.63. The second-order valence-electron chi connectivity index (χ2n) is 7.72. The molecule has 0 aliphatic carbocycles. The Balaban J connectivity index is 1.42. The number of hydrogen-bond acceptors (Lipinski definition) is 6. The van der Waals surface area contributed by atoms with E-state index in [1.165, 1.54) is 5.56 Å². The Morgan fingerprint density at radius 2 is 1.97 bits per heavy atom. The molecular weight excluding hydrogens is 396 g/mol. The Morgan fingerprint density at radius 3 is 2.77 bits per heavy atom. The SMILES string of the molecule is COc1cccc(CN2CCC[C@@H](c3nnc(SCc4ccccc4)n3C)C2)c1O. The van der Waals surface area contributed by atoms with Crippen LogP contribution in [0.15, 0.2) is 53.7 Å². The molecule has 1 aliphatic heterocycles. The molecule has 0 bridgehead atoms. The summed E-state index contributed by atoms with van der Waals surface area (Å²) in [4.78, 5) is 2.38. The van der Waals surface area contributed by atoms with E-state index in [1.54, 1.807) is 24.9 Å². The molecule has 0 unspecified atom stereocenters. The van der Waals surface area contributed by atoms with Crippen LogP contribution in [0.25, 0.3) is 0 Å². The van der Waals surface area contributed by atoms with Crippen molar-refractivity contribution in [1.29, 1.82) is 0 Å². The molecule has 1 fully saturated rings. The minimum atomic E-state index is 0.236. The summed E-state index contributed by atoms with van der Waals surface area (Å²) in [6.45, 7) is 2.62. The number of piperidine rings is 1. The first-order valence-corrected chi connectivity index (χ1v) is 11.3. The number of likely N-dealkylation sites (tertiary alicyclic amines) is 1. The van der Waals surface area contributed by atoms with Crippen molar-refractivity contribution in [1.82, 2.24) is 19.7 Å². The molecule has 1 saturated heterocycles. The van der Waals surface area contributed by atoms with Crippen LogP contribution in [0.1, 0.15) is 35.7 Å². The van der Waals surface area contributed by atoms with Gasteiger partial charge in [-0.05, 0) is 31.0 Å². The summed E-state index contributed by atoms with van der Waals surface area (Å²) < 4.78 is 7.39. The highest BCUT2D eigenvalue weighted by Crippen LogP contribution is 2.33. The van der Waals surface area contributed by atoms with Gasteiger partial charge in [0.05, 0.1) is 7.11 Å². The van der Waals surface area contributed by atoms with E-state index in [9.17, 15) is 5.11 Å². The lowest BCUT2D eigenvalue weighted by Gasteiger charge is -2.32. The maximum absolute atomic E-state index is 10.4. The molecule has 0 amide bonds. The Hall–Kier alpha value is -2.51. The van der Waals surface area contributed by atoms with E-state index in [0.29, 0.717) is 18.2 Å². The van der Waals surface area contributed by atoms with Gasteiger partial charge >= 0.3 is 0 Å². The molecule has 3 aromatic rings. The molecule has 1 N–H and O–H groups in total. The Labute approximate surface area is 181 Å². The van der Waals surface area contributed by atoms with Gasteiger partial charge in [-0.2, -0.15) is 0 Å². The lowest BCUT2D eigenvalue weighted by Crippen LogP contribution is -2.34. The van der Waals surface area contributed by atoms with Crippen LogP contribution in [-0.2, 0) is 19.3 Å². The molecule has 2 heterocycles. The summed E-state index contributed by atoms with van der Waals surface area (Å²) in [6, 6.07) is 16.1. The predicted octanol–water partition coefficient (Wildman–Crippen LogP) is 4.20. The normalized spacial score (nSPS) is 17.2. The summed E-state index contributed by atoms with van der Waals surface area (Å²) in [5, 5.41) is 20.4. The van der Waals surface area contributed by atoms with E-state index < -0.39 is 0 Å². The first kappa shape index (κ1) is 20.8. The second kappa shape index (κ2) is 9.53. The molecule has 1 atom stereocenters. The fourth-order valence-electron chi connectivity index (χ4n) is 4.04. The van der Waals surface area contributed by atoms with E-state index in [-0.39, 0.29) is 5.75 Å². The number of phenols is 1. The lowest BCUT2D eigenvalue weighted by molar-refractivity contribution is 0.192. The van der Waals surface area contributed by atoms with Crippen LogP contribution in [0.5, 0.6) is 11.5 Å². The molecule has 0 saturated carbocycles. The number of nitrogens with zero attached hydrogens (tertiary/aromatic N) is 4. The van der Waals surface area contributed by atoms with Gasteiger partial charge in [-0.3, -0.25) is 4.90 Å². The van der Waals surface area contributed by atoms with Crippen LogP contribution in [0, 0.1) is 0 Å².